The van der Waals surface area contributed by atoms with E-state index in [1.165, 1.54) is 18.2 Å². The third-order valence-corrected chi connectivity index (χ3v) is 4.97. The van der Waals surface area contributed by atoms with Gasteiger partial charge in [0.1, 0.15) is 0 Å². The van der Waals surface area contributed by atoms with Gasteiger partial charge in [-0.1, -0.05) is 6.08 Å². The summed E-state index contributed by atoms with van der Waals surface area (Å²) in [6.07, 6.45) is 1.36. The number of aliphatic hydroxyl groups is 1. The second-order valence-electron chi connectivity index (χ2n) is 4.54. The van der Waals surface area contributed by atoms with E-state index in [4.69, 9.17) is 5.11 Å². The molecule has 1 rings (SSSR count). The van der Waals surface area contributed by atoms with Crippen LogP contribution in [0.1, 0.15) is 11.1 Å². The monoisotopic (exact) mass is 314 g/mol. The molecule has 0 heterocycles. The number of nitro groups is 1. The Kier molecular flexibility index (Phi) is 5.59. The molecule has 0 fully saturated rings. The molecule has 1 aromatic carbocycles. The van der Waals surface area contributed by atoms with Crippen LogP contribution < -0.4 is 0 Å². The first-order valence-corrected chi connectivity index (χ1v) is 7.67. The van der Waals surface area contributed by atoms with Gasteiger partial charge in [0.05, 0.1) is 11.5 Å². The lowest BCUT2D eigenvalue weighted by Crippen LogP contribution is -2.34. The van der Waals surface area contributed by atoms with Crippen LogP contribution in [0, 0.1) is 24.0 Å². The van der Waals surface area contributed by atoms with Gasteiger partial charge >= 0.3 is 0 Å². The fraction of sp³-hybridized carbons (Fsp3) is 0.385. The van der Waals surface area contributed by atoms with Crippen molar-refractivity contribution in [3.05, 3.63) is 46.0 Å². The Balaban J connectivity index is 3.52. The van der Waals surface area contributed by atoms with E-state index in [1.807, 2.05) is 0 Å². The molecular weight excluding hydrogens is 296 g/mol. The van der Waals surface area contributed by atoms with Crippen LogP contribution in [0.25, 0.3) is 0 Å². The van der Waals surface area contributed by atoms with E-state index < -0.39 is 20.6 Å². The van der Waals surface area contributed by atoms with Crippen LogP contribution in [0.15, 0.2) is 29.7 Å². The van der Waals surface area contributed by atoms with Crippen LogP contribution in [0.3, 0.4) is 0 Å². The van der Waals surface area contributed by atoms with Crippen LogP contribution in [0.4, 0.5) is 5.69 Å². The molecule has 0 aliphatic heterocycles. The minimum Gasteiger partial charge on any atom is -0.395 e. The Morgan fingerprint density at radius 2 is 1.95 bits per heavy atom. The van der Waals surface area contributed by atoms with E-state index in [1.54, 1.807) is 13.8 Å². The van der Waals surface area contributed by atoms with Crippen LogP contribution in [0.5, 0.6) is 0 Å². The highest BCUT2D eigenvalue weighted by atomic mass is 32.2. The fourth-order valence-electron chi connectivity index (χ4n) is 1.83. The lowest BCUT2D eigenvalue weighted by molar-refractivity contribution is -0.387. The Labute approximate surface area is 123 Å². The zero-order valence-corrected chi connectivity index (χ0v) is 12.8. The van der Waals surface area contributed by atoms with Gasteiger partial charge < -0.3 is 5.11 Å². The van der Waals surface area contributed by atoms with Gasteiger partial charge in [-0.05, 0) is 31.0 Å². The van der Waals surface area contributed by atoms with Crippen molar-refractivity contribution in [2.75, 3.05) is 19.7 Å². The van der Waals surface area contributed by atoms with Crippen molar-refractivity contribution in [2.24, 2.45) is 0 Å². The fourth-order valence-corrected chi connectivity index (χ4v) is 3.45. The highest BCUT2D eigenvalue weighted by Gasteiger charge is 2.31. The number of rotatable bonds is 7. The van der Waals surface area contributed by atoms with Gasteiger partial charge in [-0.3, -0.25) is 10.1 Å². The zero-order valence-electron chi connectivity index (χ0n) is 11.9. The molecule has 0 amide bonds. The van der Waals surface area contributed by atoms with Crippen molar-refractivity contribution in [2.45, 2.75) is 18.7 Å². The average molecular weight is 314 g/mol. The molecule has 0 spiro atoms. The highest BCUT2D eigenvalue weighted by Crippen LogP contribution is 2.29. The summed E-state index contributed by atoms with van der Waals surface area (Å²) in [7, 11) is -4.08. The lowest BCUT2D eigenvalue weighted by atomic mass is 10.1. The van der Waals surface area contributed by atoms with Crippen LogP contribution in [-0.4, -0.2) is 42.4 Å². The molecule has 0 saturated heterocycles. The molecular formula is C13H18N2O5S. The Bertz CT molecular complexity index is 655. The van der Waals surface area contributed by atoms with Crippen molar-refractivity contribution in [3.8, 4) is 0 Å². The topological polar surface area (TPSA) is 101 Å². The number of benzene rings is 1. The van der Waals surface area contributed by atoms with E-state index in [2.05, 4.69) is 6.58 Å². The maximum absolute atomic E-state index is 12.6. The lowest BCUT2D eigenvalue weighted by Gasteiger charge is -2.20. The zero-order chi connectivity index (χ0) is 16.2. The molecule has 8 heteroatoms. The largest absolute Gasteiger partial charge is 0.395 e. The van der Waals surface area contributed by atoms with Crippen molar-refractivity contribution in [1.82, 2.24) is 4.31 Å². The maximum atomic E-state index is 12.6. The van der Waals surface area contributed by atoms with E-state index in [-0.39, 0.29) is 24.6 Å². The summed E-state index contributed by atoms with van der Waals surface area (Å²) < 4.78 is 26.1. The molecule has 0 atom stereocenters. The normalized spacial score (nSPS) is 11.6. The summed E-state index contributed by atoms with van der Waals surface area (Å²) in [5, 5.41) is 20.1. The van der Waals surface area contributed by atoms with Crippen molar-refractivity contribution in [1.29, 1.82) is 0 Å². The highest BCUT2D eigenvalue weighted by molar-refractivity contribution is 7.89. The number of aliphatic hydroxyl groups excluding tert-OH is 1. The first-order valence-electron chi connectivity index (χ1n) is 6.23. The van der Waals surface area contributed by atoms with Gasteiger partial charge in [-0.2, -0.15) is 4.31 Å². The standard InChI is InChI=1S/C13H18N2O5S/c1-4-5-14(6-7-16)21(19,20)13-9-11(3)10(2)8-12(13)15(17)18/h4,8-9,16H,1,5-7H2,2-3H3. The first kappa shape index (κ1) is 17.3. The van der Waals surface area contributed by atoms with Gasteiger partial charge in [0.15, 0.2) is 4.90 Å². The third kappa shape index (κ3) is 3.66. The number of sulfonamides is 1. The molecule has 116 valence electrons. The predicted molar refractivity (Wildman–Crippen MR) is 78.6 cm³/mol. The smallest absolute Gasteiger partial charge is 0.289 e. The van der Waals surface area contributed by atoms with Crippen molar-refractivity contribution in [3.63, 3.8) is 0 Å². The Morgan fingerprint density at radius 1 is 1.38 bits per heavy atom. The molecule has 0 radical (unpaired) electrons. The first-order chi connectivity index (χ1) is 9.75. The summed E-state index contributed by atoms with van der Waals surface area (Å²) in [5.74, 6) is 0. The molecule has 0 saturated carbocycles. The minimum absolute atomic E-state index is 0.0348. The molecule has 21 heavy (non-hydrogen) atoms. The summed E-state index contributed by atoms with van der Waals surface area (Å²) in [4.78, 5) is 10.0. The van der Waals surface area contributed by atoms with E-state index in [0.717, 1.165) is 4.31 Å². The molecule has 7 nitrogen and oxygen atoms in total. The summed E-state index contributed by atoms with van der Waals surface area (Å²) >= 11 is 0. The molecule has 0 bridgehead atoms. The summed E-state index contributed by atoms with van der Waals surface area (Å²) in [5.41, 5.74) is 0.810. The molecule has 0 aliphatic carbocycles. The van der Waals surface area contributed by atoms with Crippen molar-refractivity contribution >= 4 is 15.7 Å². The van der Waals surface area contributed by atoms with Gasteiger partial charge in [0, 0.05) is 19.2 Å². The maximum Gasteiger partial charge on any atom is 0.289 e. The van der Waals surface area contributed by atoms with Crippen LogP contribution in [-0.2, 0) is 10.0 Å². The van der Waals surface area contributed by atoms with Gasteiger partial charge in [-0.15, -0.1) is 6.58 Å². The average Bonchev–Trinajstić information content (AvgIpc) is 2.40. The number of hydrogen-bond acceptors (Lipinski definition) is 5. The van der Waals surface area contributed by atoms with Crippen LogP contribution >= 0.6 is 0 Å². The van der Waals surface area contributed by atoms with Crippen molar-refractivity contribution < 1.29 is 18.4 Å². The third-order valence-electron chi connectivity index (χ3n) is 3.07. The van der Waals surface area contributed by atoms with E-state index >= 15 is 0 Å². The molecule has 1 N–H and O–H groups in total. The van der Waals surface area contributed by atoms with E-state index in [9.17, 15) is 18.5 Å². The molecule has 0 aliphatic rings. The summed E-state index contributed by atoms with van der Waals surface area (Å²) in [6, 6.07) is 2.53. The summed E-state index contributed by atoms with van der Waals surface area (Å²) in [6.45, 7) is 6.24. The number of nitrogens with zero attached hydrogens (tertiary/aromatic N) is 2. The number of aryl methyl sites for hydroxylation is 2. The number of hydrogen-bond donors (Lipinski definition) is 1. The van der Waals surface area contributed by atoms with Gasteiger partial charge in [-0.25, -0.2) is 8.42 Å². The predicted octanol–water partition coefficient (Wildman–Crippen LogP) is 1.38. The van der Waals surface area contributed by atoms with E-state index in [0.29, 0.717) is 11.1 Å². The second kappa shape index (κ2) is 6.79. The number of nitro benzene ring substituents is 1. The quantitative estimate of drug-likeness (QED) is 0.465. The Morgan fingerprint density at radius 3 is 2.43 bits per heavy atom. The molecule has 0 unspecified atom stereocenters. The Hall–Kier alpha value is -1.77. The van der Waals surface area contributed by atoms with Gasteiger partial charge in [0.25, 0.3) is 5.69 Å². The SMILES string of the molecule is C=CCN(CCO)S(=O)(=O)c1cc(C)c(C)cc1[N+](=O)[O-]. The van der Waals surface area contributed by atoms with Crippen LogP contribution in [0.2, 0.25) is 0 Å². The molecule has 0 aromatic heterocycles. The van der Waals surface area contributed by atoms with Gasteiger partial charge in [0.2, 0.25) is 10.0 Å². The molecule has 1 aromatic rings. The second-order valence-corrected chi connectivity index (χ2v) is 6.44. The minimum atomic E-state index is -4.08.